The number of hydrogen-bond acceptors (Lipinski definition) is 5. The van der Waals surface area contributed by atoms with Crippen LogP contribution in [-0.4, -0.2) is 37.9 Å². The Bertz CT molecular complexity index is 1210. The summed E-state index contributed by atoms with van der Waals surface area (Å²) in [5, 5.41) is 0. The van der Waals surface area contributed by atoms with Gasteiger partial charge in [0, 0.05) is 13.0 Å². The molecule has 1 atom stereocenters. The summed E-state index contributed by atoms with van der Waals surface area (Å²) in [6.45, 7) is 7.65. The highest BCUT2D eigenvalue weighted by Crippen LogP contribution is 2.16. The van der Waals surface area contributed by atoms with Gasteiger partial charge in [-0.15, -0.1) is 0 Å². The Hall–Kier alpha value is -2.66. The average molecular weight is 950 g/mol. The van der Waals surface area contributed by atoms with Crippen molar-refractivity contribution < 1.29 is 23.8 Å². The zero-order valence-corrected chi connectivity index (χ0v) is 45.4. The molecule has 0 aromatic heterocycles. The molecule has 68 heavy (non-hydrogen) atoms. The predicted octanol–water partition coefficient (Wildman–Crippen LogP) is 20.2. The van der Waals surface area contributed by atoms with Crippen LogP contribution < -0.4 is 0 Å². The summed E-state index contributed by atoms with van der Waals surface area (Å²) < 4.78 is 17.4. The molecule has 0 heterocycles. The number of esters is 2. The van der Waals surface area contributed by atoms with Gasteiger partial charge in [-0.05, 0) is 70.6 Å². The molecule has 0 spiro atoms. The van der Waals surface area contributed by atoms with E-state index in [9.17, 15) is 9.59 Å². The van der Waals surface area contributed by atoms with Gasteiger partial charge in [0.1, 0.15) is 6.61 Å². The number of unbranched alkanes of at least 4 members (excludes halogenated alkanes) is 32. The van der Waals surface area contributed by atoms with Crippen molar-refractivity contribution >= 4 is 11.9 Å². The molecule has 0 radical (unpaired) electrons. The fourth-order valence-corrected chi connectivity index (χ4v) is 8.41. The number of ether oxygens (including phenoxy) is 3. The van der Waals surface area contributed by atoms with Gasteiger partial charge in [0.2, 0.25) is 0 Å². The summed E-state index contributed by atoms with van der Waals surface area (Å²) in [7, 11) is 0. The van der Waals surface area contributed by atoms with Crippen molar-refractivity contribution in [1.82, 2.24) is 0 Å². The van der Waals surface area contributed by atoms with Crippen LogP contribution in [0.3, 0.4) is 0 Å². The molecule has 0 saturated carbocycles. The summed E-state index contributed by atoms with van der Waals surface area (Å²) in [6.07, 6.45) is 76.7. The number of rotatable bonds is 54. The quantitative estimate of drug-likeness (QED) is 0.0345. The van der Waals surface area contributed by atoms with Crippen molar-refractivity contribution in [3.63, 3.8) is 0 Å². The molecule has 0 bridgehead atoms. The number of hydrogen-bond donors (Lipinski definition) is 0. The van der Waals surface area contributed by atoms with E-state index in [1.165, 1.54) is 193 Å². The summed E-state index contributed by atoms with van der Waals surface area (Å²) in [6, 6.07) is 0. The Morgan fingerprint density at radius 3 is 1.12 bits per heavy atom. The van der Waals surface area contributed by atoms with Crippen LogP contribution in [0.1, 0.15) is 290 Å². The molecule has 5 heteroatoms. The van der Waals surface area contributed by atoms with Crippen LogP contribution in [0.25, 0.3) is 0 Å². The molecule has 394 valence electrons. The lowest BCUT2D eigenvalue weighted by molar-refractivity contribution is -0.162. The molecule has 0 aromatic rings. The minimum atomic E-state index is -0.592. The van der Waals surface area contributed by atoms with Crippen LogP contribution in [0.15, 0.2) is 72.9 Å². The second-order valence-electron chi connectivity index (χ2n) is 19.5. The lowest BCUT2D eigenvalue weighted by Gasteiger charge is -2.18. The molecule has 0 rings (SSSR count). The van der Waals surface area contributed by atoms with Gasteiger partial charge in [-0.3, -0.25) is 9.59 Å². The first-order valence-corrected chi connectivity index (χ1v) is 29.5. The smallest absolute Gasteiger partial charge is 0.310 e. The number of allylic oxidation sites excluding steroid dienone is 11. The highest BCUT2D eigenvalue weighted by atomic mass is 16.6. The summed E-state index contributed by atoms with van der Waals surface area (Å²) in [5.74, 6) is -0.534. The van der Waals surface area contributed by atoms with Gasteiger partial charge in [0.15, 0.2) is 6.10 Å². The average Bonchev–Trinajstić information content (AvgIpc) is 3.34. The van der Waals surface area contributed by atoms with E-state index < -0.39 is 6.10 Å². The first-order valence-electron chi connectivity index (χ1n) is 29.5. The molecule has 0 aliphatic heterocycles. The van der Waals surface area contributed by atoms with Crippen molar-refractivity contribution in [2.75, 3.05) is 19.8 Å². The molecule has 0 aliphatic rings. The predicted molar refractivity (Wildman–Crippen MR) is 297 cm³/mol. The van der Waals surface area contributed by atoms with E-state index in [0.29, 0.717) is 13.0 Å². The topological polar surface area (TPSA) is 61.8 Å². The monoisotopic (exact) mass is 949 g/mol. The minimum absolute atomic E-state index is 0.0459. The molecule has 0 aliphatic carbocycles. The van der Waals surface area contributed by atoms with Crippen molar-refractivity contribution in [2.45, 2.75) is 297 Å². The standard InChI is InChI=1S/C63H112O5/c1-4-7-10-13-16-19-22-25-28-30-32-33-36-38-41-44-47-50-53-56-62(64)67-60-61(68-63(65)57-54-51-48-45-42-39-35-27-24-21-18-15-12-9-6-3)59-66-58-55-52-49-46-43-40-37-34-31-29-26-23-20-17-14-11-8-5-2/h9,12,18,21,25,27-28,35,42,45,51,54,61H,4-8,10-11,13-17,19-20,22-24,26,29-34,36-41,43-44,46-50,52-53,55-60H2,1-3H3/b12-9-,21-18-,28-25-,35-27-,45-42-,54-51-. The Labute approximate surface area is 423 Å². The zero-order valence-electron chi connectivity index (χ0n) is 45.4. The molecule has 1 unspecified atom stereocenters. The van der Waals surface area contributed by atoms with E-state index in [0.717, 1.165) is 64.2 Å². The first-order chi connectivity index (χ1) is 33.6. The van der Waals surface area contributed by atoms with Gasteiger partial charge in [-0.2, -0.15) is 0 Å². The van der Waals surface area contributed by atoms with Crippen molar-refractivity contribution in [1.29, 1.82) is 0 Å². The molecular formula is C63H112O5. The van der Waals surface area contributed by atoms with Crippen LogP contribution >= 0.6 is 0 Å². The second kappa shape index (κ2) is 58.7. The lowest BCUT2D eigenvalue weighted by atomic mass is 10.0. The highest BCUT2D eigenvalue weighted by Gasteiger charge is 2.17. The van der Waals surface area contributed by atoms with Crippen molar-refractivity contribution in [3.05, 3.63) is 72.9 Å². The zero-order chi connectivity index (χ0) is 49.2. The maximum Gasteiger partial charge on any atom is 0.310 e. The number of carbonyl (C=O) groups excluding carboxylic acids is 2. The van der Waals surface area contributed by atoms with Crippen LogP contribution in [0, 0.1) is 0 Å². The Morgan fingerprint density at radius 1 is 0.353 bits per heavy atom. The summed E-state index contributed by atoms with van der Waals surface area (Å²) in [5.41, 5.74) is 0. The van der Waals surface area contributed by atoms with Gasteiger partial charge in [-0.25, -0.2) is 0 Å². The SMILES string of the molecule is CC/C=C\C/C=C\C/C=C\C/C=C\C/C=C\CC(=O)OC(COCCCCCCCCCCCCCCCCCCCC)COC(=O)CCCCCCCCCCC/C=C\CCCCCCCC. The normalized spacial score (nSPS) is 12.7. The maximum absolute atomic E-state index is 12.8. The van der Waals surface area contributed by atoms with Crippen molar-refractivity contribution in [2.24, 2.45) is 0 Å². The number of carbonyl (C=O) groups is 2. The Kier molecular flexibility index (Phi) is 56.4. The first kappa shape index (κ1) is 65.3. The Morgan fingerprint density at radius 2 is 0.706 bits per heavy atom. The molecule has 5 nitrogen and oxygen atoms in total. The minimum Gasteiger partial charge on any atom is -0.462 e. The van der Waals surface area contributed by atoms with E-state index in [2.05, 4.69) is 81.5 Å². The van der Waals surface area contributed by atoms with Crippen molar-refractivity contribution in [3.8, 4) is 0 Å². The molecule has 0 amide bonds. The Balaban J connectivity index is 4.32. The van der Waals surface area contributed by atoms with Gasteiger partial charge < -0.3 is 14.2 Å². The van der Waals surface area contributed by atoms with Crippen LogP contribution in [-0.2, 0) is 23.8 Å². The van der Waals surface area contributed by atoms with E-state index in [4.69, 9.17) is 14.2 Å². The van der Waals surface area contributed by atoms with E-state index in [1.54, 1.807) is 0 Å². The molecule has 0 N–H and O–H groups in total. The third-order valence-electron chi connectivity index (χ3n) is 12.8. The van der Waals surface area contributed by atoms with Crippen LogP contribution in [0.2, 0.25) is 0 Å². The van der Waals surface area contributed by atoms with E-state index >= 15 is 0 Å². The molecule has 0 aromatic carbocycles. The van der Waals surface area contributed by atoms with Crippen LogP contribution in [0.4, 0.5) is 0 Å². The fourth-order valence-electron chi connectivity index (χ4n) is 8.41. The molecule has 0 saturated heterocycles. The summed E-state index contributed by atoms with van der Waals surface area (Å²) in [4.78, 5) is 25.5. The summed E-state index contributed by atoms with van der Waals surface area (Å²) >= 11 is 0. The van der Waals surface area contributed by atoms with E-state index in [-0.39, 0.29) is 31.6 Å². The molecular weight excluding hydrogens is 837 g/mol. The highest BCUT2D eigenvalue weighted by molar-refractivity contribution is 5.71. The lowest BCUT2D eigenvalue weighted by Crippen LogP contribution is -2.29. The third kappa shape index (κ3) is 55.9. The fraction of sp³-hybridized carbons (Fsp3) is 0.778. The van der Waals surface area contributed by atoms with Gasteiger partial charge in [0.05, 0.1) is 13.0 Å². The molecule has 0 fully saturated rings. The van der Waals surface area contributed by atoms with Gasteiger partial charge >= 0.3 is 11.9 Å². The van der Waals surface area contributed by atoms with Gasteiger partial charge in [0.25, 0.3) is 0 Å². The third-order valence-corrected chi connectivity index (χ3v) is 12.8. The van der Waals surface area contributed by atoms with E-state index in [1.807, 2.05) is 12.2 Å². The maximum atomic E-state index is 12.8. The largest absolute Gasteiger partial charge is 0.462 e. The van der Waals surface area contributed by atoms with Gasteiger partial charge in [-0.1, -0.05) is 280 Å². The van der Waals surface area contributed by atoms with Crippen LogP contribution in [0.5, 0.6) is 0 Å². The second-order valence-corrected chi connectivity index (χ2v) is 19.5.